The lowest BCUT2D eigenvalue weighted by atomic mass is 10.2. The van der Waals surface area contributed by atoms with Gasteiger partial charge >= 0.3 is 5.97 Å². The van der Waals surface area contributed by atoms with Crippen molar-refractivity contribution in [3.8, 4) is 0 Å². The van der Waals surface area contributed by atoms with Gasteiger partial charge in [-0.05, 0) is 36.8 Å². The predicted octanol–water partition coefficient (Wildman–Crippen LogP) is 4.71. The molecule has 28 heavy (non-hydrogen) atoms. The molecule has 2 aromatic carbocycles. The highest BCUT2D eigenvalue weighted by Crippen LogP contribution is 2.25. The Morgan fingerprint density at radius 2 is 1.89 bits per heavy atom. The van der Waals surface area contributed by atoms with Gasteiger partial charge in [0.25, 0.3) is 5.91 Å². The molecule has 1 amide bonds. The van der Waals surface area contributed by atoms with Crippen LogP contribution in [0.5, 0.6) is 0 Å². The number of halogens is 2. The summed E-state index contributed by atoms with van der Waals surface area (Å²) in [6, 6.07) is 12.6. The molecule has 0 atom stereocenters. The number of esters is 1. The van der Waals surface area contributed by atoms with Crippen molar-refractivity contribution in [3.63, 3.8) is 0 Å². The summed E-state index contributed by atoms with van der Waals surface area (Å²) in [5.41, 5.74) is 1.36. The number of carbonyl (C=O) groups excluding carboxylic acids is 2. The number of ether oxygens (including phenoxy) is 1. The summed E-state index contributed by atoms with van der Waals surface area (Å²) in [5.74, 6) is -0.900. The first kappa shape index (κ1) is 20.3. The molecule has 0 unspecified atom stereocenters. The Labute approximate surface area is 175 Å². The van der Waals surface area contributed by atoms with Gasteiger partial charge in [-0.2, -0.15) is 4.99 Å². The summed E-state index contributed by atoms with van der Waals surface area (Å²) in [7, 11) is 0. The first-order valence-corrected chi connectivity index (χ1v) is 10.0. The highest BCUT2D eigenvalue weighted by molar-refractivity contribution is 7.16. The average Bonchev–Trinajstić information content (AvgIpc) is 2.99. The summed E-state index contributed by atoms with van der Waals surface area (Å²) in [6.07, 6.45) is 2.94. The third kappa shape index (κ3) is 4.70. The Balaban J connectivity index is 2.01. The fourth-order valence-electron chi connectivity index (χ4n) is 2.56. The number of hydrogen-bond acceptors (Lipinski definition) is 4. The van der Waals surface area contributed by atoms with Gasteiger partial charge in [0.1, 0.15) is 6.54 Å². The fourth-order valence-corrected chi connectivity index (χ4v) is 4.15. The lowest BCUT2D eigenvalue weighted by Crippen LogP contribution is -2.23. The SMILES string of the molecule is CCOC(=O)Cn1c(=NC(=O)/C=C/c2ccccc2Cl)sc2cccc(Cl)c21. The molecule has 3 aromatic rings. The molecule has 0 fully saturated rings. The van der Waals surface area contributed by atoms with Gasteiger partial charge in [0.15, 0.2) is 4.80 Å². The fraction of sp³-hybridized carbons (Fsp3) is 0.150. The number of para-hydroxylation sites is 1. The van der Waals surface area contributed by atoms with Crippen molar-refractivity contribution < 1.29 is 14.3 Å². The Morgan fingerprint density at radius 3 is 2.64 bits per heavy atom. The van der Waals surface area contributed by atoms with Crippen LogP contribution >= 0.6 is 34.5 Å². The van der Waals surface area contributed by atoms with Gasteiger partial charge in [0.2, 0.25) is 0 Å². The van der Waals surface area contributed by atoms with Crippen LogP contribution in [0, 0.1) is 0 Å². The molecule has 144 valence electrons. The Morgan fingerprint density at radius 1 is 1.14 bits per heavy atom. The van der Waals surface area contributed by atoms with Crippen LogP contribution in [0.15, 0.2) is 53.5 Å². The van der Waals surface area contributed by atoms with Gasteiger partial charge in [-0.25, -0.2) is 0 Å². The van der Waals surface area contributed by atoms with E-state index in [0.29, 0.717) is 25.9 Å². The predicted molar refractivity (Wildman–Crippen MR) is 113 cm³/mol. The van der Waals surface area contributed by atoms with Crippen LogP contribution < -0.4 is 4.80 Å². The molecular weight excluding hydrogens is 419 g/mol. The van der Waals surface area contributed by atoms with Crippen LogP contribution in [-0.2, 0) is 20.9 Å². The van der Waals surface area contributed by atoms with E-state index >= 15 is 0 Å². The van der Waals surface area contributed by atoms with E-state index in [2.05, 4.69) is 4.99 Å². The van der Waals surface area contributed by atoms with E-state index in [0.717, 1.165) is 4.70 Å². The molecule has 0 bridgehead atoms. The lowest BCUT2D eigenvalue weighted by molar-refractivity contribution is -0.143. The average molecular weight is 435 g/mol. The number of nitrogens with zero attached hydrogens (tertiary/aromatic N) is 2. The van der Waals surface area contributed by atoms with Gasteiger partial charge in [-0.3, -0.25) is 9.59 Å². The second-order valence-corrected chi connectivity index (χ2v) is 7.49. The summed E-state index contributed by atoms with van der Waals surface area (Å²) >= 11 is 13.7. The molecule has 0 aliphatic heterocycles. The van der Waals surface area contributed by atoms with E-state index < -0.39 is 11.9 Å². The maximum absolute atomic E-state index is 12.4. The van der Waals surface area contributed by atoms with Crippen molar-refractivity contribution in [2.24, 2.45) is 4.99 Å². The van der Waals surface area contributed by atoms with Crippen molar-refractivity contribution in [1.82, 2.24) is 4.57 Å². The molecule has 0 radical (unpaired) electrons. The number of hydrogen-bond donors (Lipinski definition) is 0. The second-order valence-electron chi connectivity index (χ2n) is 5.67. The van der Waals surface area contributed by atoms with Gasteiger partial charge in [0.05, 0.1) is 21.8 Å². The first-order valence-electron chi connectivity index (χ1n) is 8.44. The van der Waals surface area contributed by atoms with Gasteiger partial charge in [-0.15, -0.1) is 0 Å². The highest BCUT2D eigenvalue weighted by Gasteiger charge is 2.14. The number of benzene rings is 2. The van der Waals surface area contributed by atoms with Crippen molar-refractivity contribution in [3.05, 3.63) is 69.0 Å². The molecule has 0 saturated carbocycles. The maximum Gasteiger partial charge on any atom is 0.326 e. The molecule has 0 N–H and O–H groups in total. The Kier molecular flexibility index (Phi) is 6.67. The van der Waals surface area contributed by atoms with Crippen LogP contribution in [-0.4, -0.2) is 23.1 Å². The minimum Gasteiger partial charge on any atom is -0.465 e. The van der Waals surface area contributed by atoms with Crippen LogP contribution in [0.1, 0.15) is 12.5 Å². The summed E-state index contributed by atoms with van der Waals surface area (Å²) in [5, 5.41) is 1.01. The Bertz CT molecular complexity index is 1130. The van der Waals surface area contributed by atoms with E-state index in [4.69, 9.17) is 27.9 Å². The number of aromatic nitrogens is 1. The topological polar surface area (TPSA) is 60.7 Å². The quantitative estimate of drug-likeness (QED) is 0.431. The number of rotatable bonds is 5. The Hall–Kier alpha value is -2.41. The van der Waals surface area contributed by atoms with Gasteiger partial charge in [-0.1, -0.05) is 58.8 Å². The standard InChI is InChI=1S/C20H16Cl2N2O3S/c1-2-27-18(26)12-24-19-15(22)8-5-9-16(19)28-20(24)23-17(25)11-10-13-6-3-4-7-14(13)21/h3-11H,2,12H2,1H3/b11-10+,23-20?. The smallest absolute Gasteiger partial charge is 0.326 e. The molecule has 1 aromatic heterocycles. The largest absolute Gasteiger partial charge is 0.465 e. The van der Waals surface area contributed by atoms with Crippen molar-refractivity contribution in [1.29, 1.82) is 0 Å². The van der Waals surface area contributed by atoms with Crippen molar-refractivity contribution in [2.45, 2.75) is 13.5 Å². The van der Waals surface area contributed by atoms with Gasteiger partial charge < -0.3 is 9.30 Å². The van der Waals surface area contributed by atoms with E-state index in [1.165, 1.54) is 17.4 Å². The molecule has 1 heterocycles. The third-order valence-corrected chi connectivity index (χ3v) is 5.45. The minimum absolute atomic E-state index is 0.0854. The summed E-state index contributed by atoms with van der Waals surface area (Å²) in [4.78, 5) is 28.9. The molecule has 0 saturated heterocycles. The van der Waals surface area contributed by atoms with Crippen LogP contribution in [0.4, 0.5) is 0 Å². The van der Waals surface area contributed by atoms with E-state index in [1.807, 2.05) is 18.2 Å². The van der Waals surface area contributed by atoms with E-state index in [-0.39, 0.29) is 13.2 Å². The molecule has 8 heteroatoms. The number of amides is 1. The van der Waals surface area contributed by atoms with Crippen molar-refractivity contribution >= 4 is 62.7 Å². The molecule has 0 aliphatic rings. The van der Waals surface area contributed by atoms with Crippen molar-refractivity contribution in [2.75, 3.05) is 6.61 Å². The lowest BCUT2D eigenvalue weighted by Gasteiger charge is -2.05. The molecule has 0 spiro atoms. The number of carbonyl (C=O) groups is 2. The van der Waals surface area contributed by atoms with E-state index in [1.54, 1.807) is 41.8 Å². The molecular formula is C20H16Cl2N2O3S. The number of fused-ring (bicyclic) bond motifs is 1. The van der Waals surface area contributed by atoms with Crippen LogP contribution in [0.2, 0.25) is 10.0 Å². The second kappa shape index (κ2) is 9.19. The van der Waals surface area contributed by atoms with E-state index in [9.17, 15) is 9.59 Å². The van der Waals surface area contributed by atoms with Gasteiger partial charge in [0, 0.05) is 11.1 Å². The van der Waals surface area contributed by atoms with Crippen LogP contribution in [0.25, 0.3) is 16.3 Å². The number of thiazole rings is 1. The molecule has 3 rings (SSSR count). The maximum atomic E-state index is 12.4. The summed E-state index contributed by atoms with van der Waals surface area (Å²) < 4.78 is 7.45. The highest BCUT2D eigenvalue weighted by atomic mass is 35.5. The van der Waals surface area contributed by atoms with Crippen LogP contribution in [0.3, 0.4) is 0 Å². The summed E-state index contributed by atoms with van der Waals surface area (Å²) in [6.45, 7) is 1.91. The molecule has 0 aliphatic carbocycles. The monoisotopic (exact) mass is 434 g/mol. The zero-order valence-corrected chi connectivity index (χ0v) is 17.2. The zero-order chi connectivity index (χ0) is 20.1. The normalized spacial score (nSPS) is 12.0. The zero-order valence-electron chi connectivity index (χ0n) is 14.9. The first-order chi connectivity index (χ1) is 13.5. The minimum atomic E-state index is -0.472. The molecule has 5 nitrogen and oxygen atoms in total. The third-order valence-electron chi connectivity index (χ3n) is 3.76.